The molecule has 4 rings (SSSR count). The highest BCUT2D eigenvalue weighted by Crippen LogP contribution is 2.24. The van der Waals surface area contributed by atoms with Crippen LogP contribution in [0.25, 0.3) is 10.9 Å². The number of benzene rings is 1. The lowest BCUT2D eigenvalue weighted by molar-refractivity contribution is 0.0591. The van der Waals surface area contributed by atoms with E-state index < -0.39 is 5.82 Å². The van der Waals surface area contributed by atoms with E-state index in [9.17, 15) is 14.0 Å². The van der Waals surface area contributed by atoms with Crippen molar-refractivity contribution in [2.75, 3.05) is 26.2 Å². The summed E-state index contributed by atoms with van der Waals surface area (Å²) in [5.41, 5.74) is 0.445. The van der Waals surface area contributed by atoms with Gasteiger partial charge in [0.1, 0.15) is 5.82 Å². The molecule has 138 valence electrons. The molecule has 0 bridgehead atoms. The van der Waals surface area contributed by atoms with Gasteiger partial charge in [0.2, 0.25) is 5.56 Å². The predicted octanol–water partition coefficient (Wildman–Crippen LogP) is 2.76. The van der Waals surface area contributed by atoms with E-state index in [2.05, 4.69) is 9.88 Å². The van der Waals surface area contributed by atoms with Crippen LogP contribution in [0, 0.1) is 5.82 Å². The van der Waals surface area contributed by atoms with Crippen molar-refractivity contribution in [3.63, 3.8) is 0 Å². The first kappa shape index (κ1) is 17.2. The molecule has 0 spiro atoms. The lowest BCUT2D eigenvalue weighted by Gasteiger charge is -2.40. The van der Waals surface area contributed by atoms with Crippen molar-refractivity contribution in [3.8, 4) is 0 Å². The van der Waals surface area contributed by atoms with E-state index in [1.54, 1.807) is 4.90 Å². The maximum atomic E-state index is 13.7. The van der Waals surface area contributed by atoms with Gasteiger partial charge >= 0.3 is 0 Å². The summed E-state index contributed by atoms with van der Waals surface area (Å²) in [5, 5.41) is 0.466. The number of carbonyl (C=O) groups excluding carboxylic acids is 1. The second kappa shape index (κ2) is 7.19. The fourth-order valence-corrected chi connectivity index (χ4v) is 4.29. The highest BCUT2D eigenvalue weighted by molar-refractivity contribution is 6.06. The fraction of sp³-hybridized carbons (Fsp3) is 0.500. The minimum Gasteiger partial charge on any atom is -0.339 e. The van der Waals surface area contributed by atoms with Crippen LogP contribution < -0.4 is 5.56 Å². The molecule has 1 aromatic heterocycles. The Balaban J connectivity index is 1.53. The van der Waals surface area contributed by atoms with E-state index in [0.29, 0.717) is 35.6 Å². The zero-order valence-electron chi connectivity index (χ0n) is 14.8. The Hall–Kier alpha value is -2.21. The van der Waals surface area contributed by atoms with E-state index in [4.69, 9.17) is 0 Å². The van der Waals surface area contributed by atoms with Crippen LogP contribution in [0.5, 0.6) is 0 Å². The molecule has 0 radical (unpaired) electrons. The largest absolute Gasteiger partial charge is 0.339 e. The molecule has 0 aliphatic carbocycles. The molecule has 0 saturated carbocycles. The van der Waals surface area contributed by atoms with Crippen molar-refractivity contribution < 1.29 is 9.18 Å². The van der Waals surface area contributed by atoms with Gasteiger partial charge in [-0.05, 0) is 57.0 Å². The molecule has 1 amide bonds. The number of hydrogen-bond acceptors (Lipinski definition) is 3. The van der Waals surface area contributed by atoms with E-state index in [-0.39, 0.29) is 11.5 Å². The van der Waals surface area contributed by atoms with Gasteiger partial charge in [0.15, 0.2) is 0 Å². The second-order valence-electron chi connectivity index (χ2n) is 7.36. The van der Waals surface area contributed by atoms with Gasteiger partial charge in [-0.3, -0.25) is 9.59 Å². The lowest BCUT2D eigenvalue weighted by Crippen LogP contribution is -2.48. The molecule has 2 aliphatic heterocycles. The fourth-order valence-electron chi connectivity index (χ4n) is 4.29. The Morgan fingerprint density at radius 3 is 2.50 bits per heavy atom. The highest BCUT2D eigenvalue weighted by atomic mass is 19.1. The average Bonchev–Trinajstić information content (AvgIpc) is 2.68. The molecule has 1 N–H and O–H groups in total. The molecular weight excluding hydrogens is 333 g/mol. The quantitative estimate of drug-likeness (QED) is 0.899. The Bertz CT molecular complexity index is 865. The summed E-state index contributed by atoms with van der Waals surface area (Å²) in [5.74, 6) is -0.591. The SMILES string of the molecule is O=C(c1cc(=O)[nH]c2ccc(F)cc12)N1CCC(N2CCCCC2)CC1. The van der Waals surface area contributed by atoms with Gasteiger partial charge in [0, 0.05) is 36.1 Å². The topological polar surface area (TPSA) is 56.4 Å². The third kappa shape index (κ3) is 3.38. The number of aromatic amines is 1. The van der Waals surface area contributed by atoms with Crippen molar-refractivity contribution in [1.29, 1.82) is 0 Å². The van der Waals surface area contributed by atoms with Gasteiger partial charge in [0.05, 0.1) is 5.56 Å². The van der Waals surface area contributed by atoms with Crippen LogP contribution >= 0.6 is 0 Å². The maximum Gasteiger partial charge on any atom is 0.254 e. The number of pyridine rings is 1. The van der Waals surface area contributed by atoms with E-state index in [1.165, 1.54) is 43.5 Å². The van der Waals surface area contributed by atoms with Crippen molar-refractivity contribution >= 4 is 16.8 Å². The van der Waals surface area contributed by atoms with Crippen LogP contribution in [0.1, 0.15) is 42.5 Å². The molecular formula is C20H24FN3O2. The molecule has 2 aliphatic rings. The van der Waals surface area contributed by atoms with Gasteiger partial charge in [-0.1, -0.05) is 6.42 Å². The molecule has 2 aromatic rings. The van der Waals surface area contributed by atoms with Crippen molar-refractivity contribution in [2.45, 2.75) is 38.1 Å². The number of amides is 1. The Labute approximate surface area is 151 Å². The summed E-state index contributed by atoms with van der Waals surface area (Å²) < 4.78 is 13.7. The van der Waals surface area contributed by atoms with Crippen LogP contribution in [-0.2, 0) is 0 Å². The van der Waals surface area contributed by atoms with Gasteiger partial charge in [-0.2, -0.15) is 0 Å². The summed E-state index contributed by atoms with van der Waals surface area (Å²) in [6, 6.07) is 5.95. The molecule has 1 aromatic carbocycles. The van der Waals surface area contributed by atoms with Crippen molar-refractivity contribution in [3.05, 3.63) is 46.0 Å². The van der Waals surface area contributed by atoms with E-state index >= 15 is 0 Å². The number of hydrogen-bond donors (Lipinski definition) is 1. The molecule has 6 heteroatoms. The summed E-state index contributed by atoms with van der Waals surface area (Å²) in [7, 11) is 0. The van der Waals surface area contributed by atoms with Gasteiger partial charge in [0.25, 0.3) is 5.91 Å². The molecule has 26 heavy (non-hydrogen) atoms. The minimum absolute atomic E-state index is 0.177. The second-order valence-corrected chi connectivity index (χ2v) is 7.36. The van der Waals surface area contributed by atoms with Crippen molar-refractivity contribution in [2.24, 2.45) is 0 Å². The predicted molar refractivity (Wildman–Crippen MR) is 98.9 cm³/mol. The van der Waals surface area contributed by atoms with Crippen LogP contribution in [0.15, 0.2) is 29.1 Å². The van der Waals surface area contributed by atoms with Crippen LogP contribution in [0.4, 0.5) is 4.39 Å². The molecule has 2 saturated heterocycles. The third-order valence-corrected chi connectivity index (χ3v) is 5.69. The highest BCUT2D eigenvalue weighted by Gasteiger charge is 2.28. The molecule has 2 fully saturated rings. The van der Waals surface area contributed by atoms with Gasteiger partial charge < -0.3 is 14.8 Å². The first-order chi connectivity index (χ1) is 12.6. The number of carbonyl (C=O) groups is 1. The Morgan fingerprint density at radius 1 is 1.04 bits per heavy atom. The van der Waals surface area contributed by atoms with E-state index in [0.717, 1.165) is 25.9 Å². The molecule has 0 unspecified atom stereocenters. The summed E-state index contributed by atoms with van der Waals surface area (Å²) in [6.07, 6.45) is 5.77. The number of halogens is 1. The number of likely N-dealkylation sites (tertiary alicyclic amines) is 2. The number of aromatic nitrogens is 1. The average molecular weight is 357 g/mol. The monoisotopic (exact) mass is 357 g/mol. The Kier molecular flexibility index (Phi) is 4.76. The number of nitrogens with zero attached hydrogens (tertiary/aromatic N) is 2. The third-order valence-electron chi connectivity index (χ3n) is 5.69. The number of rotatable bonds is 2. The van der Waals surface area contributed by atoms with Gasteiger partial charge in [-0.25, -0.2) is 4.39 Å². The van der Waals surface area contributed by atoms with Crippen molar-refractivity contribution in [1.82, 2.24) is 14.8 Å². The summed E-state index contributed by atoms with van der Waals surface area (Å²) in [6.45, 7) is 3.69. The standard InChI is InChI=1S/C20H24FN3O2/c21-14-4-5-18-16(12-14)17(13-19(25)22-18)20(26)24-10-6-15(7-11-24)23-8-2-1-3-9-23/h4-5,12-13,15H,1-3,6-11H2,(H,22,25). The van der Waals surface area contributed by atoms with Crippen LogP contribution in [-0.4, -0.2) is 52.9 Å². The summed E-state index contributed by atoms with van der Waals surface area (Å²) in [4.78, 5) is 31.9. The Morgan fingerprint density at radius 2 is 1.77 bits per heavy atom. The number of piperidine rings is 2. The minimum atomic E-state index is -0.414. The number of nitrogens with one attached hydrogen (secondary N) is 1. The zero-order valence-corrected chi connectivity index (χ0v) is 14.8. The smallest absolute Gasteiger partial charge is 0.254 e. The van der Waals surface area contributed by atoms with Crippen LogP contribution in [0.2, 0.25) is 0 Å². The first-order valence-electron chi connectivity index (χ1n) is 9.48. The van der Waals surface area contributed by atoms with E-state index in [1.807, 2.05) is 0 Å². The molecule has 0 atom stereocenters. The lowest BCUT2D eigenvalue weighted by atomic mass is 9.99. The normalized spacial score (nSPS) is 19.8. The zero-order chi connectivity index (χ0) is 18.1. The first-order valence-corrected chi connectivity index (χ1v) is 9.48. The number of H-pyrrole nitrogens is 1. The molecule has 5 nitrogen and oxygen atoms in total. The maximum absolute atomic E-state index is 13.7. The van der Waals surface area contributed by atoms with Gasteiger partial charge in [-0.15, -0.1) is 0 Å². The summed E-state index contributed by atoms with van der Waals surface area (Å²) >= 11 is 0. The number of fused-ring (bicyclic) bond motifs is 1. The van der Waals surface area contributed by atoms with Crippen LogP contribution in [0.3, 0.4) is 0 Å². The molecule has 3 heterocycles.